The van der Waals surface area contributed by atoms with Gasteiger partial charge in [0.1, 0.15) is 0 Å². The van der Waals surface area contributed by atoms with E-state index in [0.29, 0.717) is 27.1 Å². The van der Waals surface area contributed by atoms with Crippen molar-refractivity contribution >= 4 is 39.1 Å². The molecule has 0 aliphatic rings. The summed E-state index contributed by atoms with van der Waals surface area (Å²) >= 11 is 12.0. The second-order valence-electron chi connectivity index (χ2n) is 7.76. The smallest absolute Gasteiger partial charge is 0.243 e. The highest BCUT2D eigenvalue weighted by molar-refractivity contribution is 7.89. The Balaban J connectivity index is 1.83. The first-order chi connectivity index (χ1) is 16.6. The van der Waals surface area contributed by atoms with Crippen molar-refractivity contribution in [2.75, 3.05) is 20.8 Å². The molecule has 0 aliphatic heterocycles. The minimum atomic E-state index is -4.01. The Kier molecular flexibility index (Phi) is 9.02. The lowest BCUT2D eigenvalue weighted by Crippen LogP contribution is -2.41. The lowest BCUT2D eigenvalue weighted by Gasteiger charge is -2.23. The lowest BCUT2D eigenvalue weighted by molar-refractivity contribution is -0.122. The summed E-state index contributed by atoms with van der Waals surface area (Å²) in [5.74, 6) is 0.627. The zero-order valence-electron chi connectivity index (χ0n) is 19.5. The maximum atomic E-state index is 13.4. The van der Waals surface area contributed by atoms with Crippen LogP contribution in [0.15, 0.2) is 71.6 Å². The molecule has 0 radical (unpaired) electrons. The van der Waals surface area contributed by atoms with Gasteiger partial charge in [-0.2, -0.15) is 4.31 Å². The number of benzene rings is 3. The van der Waals surface area contributed by atoms with Crippen LogP contribution in [0.3, 0.4) is 0 Å². The fourth-order valence-electron chi connectivity index (χ4n) is 3.47. The Morgan fingerprint density at radius 2 is 1.63 bits per heavy atom. The SMILES string of the molecule is COc1ccc(C(C)NC(=O)CN(Cc2cccc(Cl)c2)S(=O)(=O)c2ccc(Cl)cc2)cc1OC. The van der Waals surface area contributed by atoms with Gasteiger partial charge in [-0.25, -0.2) is 8.42 Å². The summed E-state index contributed by atoms with van der Waals surface area (Å²) in [4.78, 5) is 13.0. The summed E-state index contributed by atoms with van der Waals surface area (Å²) in [6, 6.07) is 17.5. The molecule has 0 saturated carbocycles. The fourth-order valence-corrected chi connectivity index (χ4v) is 5.20. The van der Waals surface area contributed by atoms with Gasteiger partial charge in [-0.05, 0) is 66.6 Å². The van der Waals surface area contributed by atoms with Crippen LogP contribution in [0.25, 0.3) is 0 Å². The van der Waals surface area contributed by atoms with Gasteiger partial charge >= 0.3 is 0 Å². The molecule has 0 spiro atoms. The molecule has 0 saturated heterocycles. The Morgan fingerprint density at radius 1 is 0.943 bits per heavy atom. The van der Waals surface area contributed by atoms with Crippen molar-refractivity contribution in [3.8, 4) is 11.5 Å². The summed E-state index contributed by atoms with van der Waals surface area (Å²) in [5.41, 5.74) is 1.42. The summed E-state index contributed by atoms with van der Waals surface area (Å²) in [6.07, 6.45) is 0. The second-order valence-corrected chi connectivity index (χ2v) is 10.6. The standard InChI is InChI=1S/C25H26Cl2N2O5S/c1-17(19-7-12-23(33-2)24(14-19)34-3)28-25(30)16-29(15-18-5-4-6-21(27)13-18)35(31,32)22-10-8-20(26)9-11-22/h4-14,17H,15-16H2,1-3H3,(H,28,30). The van der Waals surface area contributed by atoms with E-state index in [9.17, 15) is 13.2 Å². The van der Waals surface area contributed by atoms with Gasteiger partial charge in [-0.1, -0.05) is 41.4 Å². The van der Waals surface area contributed by atoms with Crippen LogP contribution in [0.5, 0.6) is 11.5 Å². The molecule has 3 aromatic carbocycles. The molecule has 35 heavy (non-hydrogen) atoms. The van der Waals surface area contributed by atoms with Crippen LogP contribution in [-0.4, -0.2) is 39.4 Å². The number of carbonyl (C=O) groups is 1. The van der Waals surface area contributed by atoms with Crippen LogP contribution in [0.1, 0.15) is 24.1 Å². The van der Waals surface area contributed by atoms with Crippen LogP contribution < -0.4 is 14.8 Å². The Morgan fingerprint density at radius 3 is 2.26 bits per heavy atom. The largest absolute Gasteiger partial charge is 0.493 e. The predicted molar refractivity (Wildman–Crippen MR) is 137 cm³/mol. The lowest BCUT2D eigenvalue weighted by atomic mass is 10.1. The van der Waals surface area contributed by atoms with Gasteiger partial charge in [-0.15, -0.1) is 0 Å². The first kappa shape index (κ1) is 26.8. The van der Waals surface area contributed by atoms with Crippen LogP contribution in [0.4, 0.5) is 0 Å². The first-order valence-corrected chi connectivity index (χ1v) is 12.8. The average molecular weight is 537 g/mol. The van der Waals surface area contributed by atoms with Gasteiger partial charge in [0.2, 0.25) is 15.9 Å². The van der Waals surface area contributed by atoms with Crippen molar-refractivity contribution in [2.45, 2.75) is 24.4 Å². The van der Waals surface area contributed by atoms with E-state index in [-0.39, 0.29) is 11.4 Å². The molecule has 1 N–H and O–H groups in total. The second kappa shape index (κ2) is 11.8. The van der Waals surface area contributed by atoms with Crippen LogP contribution in [-0.2, 0) is 21.4 Å². The van der Waals surface area contributed by atoms with Gasteiger partial charge in [0.25, 0.3) is 0 Å². The summed E-state index contributed by atoms with van der Waals surface area (Å²) in [7, 11) is -0.942. The average Bonchev–Trinajstić information content (AvgIpc) is 2.83. The zero-order chi connectivity index (χ0) is 25.6. The summed E-state index contributed by atoms with van der Waals surface area (Å²) < 4.78 is 38.5. The van der Waals surface area contributed by atoms with Crippen molar-refractivity contribution in [1.82, 2.24) is 9.62 Å². The molecule has 0 fully saturated rings. The molecule has 3 rings (SSSR count). The highest BCUT2D eigenvalue weighted by Gasteiger charge is 2.27. The molecule has 0 bridgehead atoms. The Labute approximate surface area is 215 Å². The molecule has 1 unspecified atom stereocenters. The minimum absolute atomic E-state index is 0.0321. The highest BCUT2D eigenvalue weighted by atomic mass is 35.5. The molecule has 186 valence electrons. The van der Waals surface area contributed by atoms with Crippen LogP contribution >= 0.6 is 23.2 Å². The highest BCUT2D eigenvalue weighted by Crippen LogP contribution is 2.30. The van der Waals surface area contributed by atoms with E-state index in [1.807, 2.05) is 0 Å². The Bertz CT molecular complexity index is 1280. The molecule has 0 heterocycles. The third-order valence-electron chi connectivity index (χ3n) is 5.30. The number of halogens is 2. The number of hydrogen-bond donors (Lipinski definition) is 1. The summed E-state index contributed by atoms with van der Waals surface area (Å²) in [5, 5.41) is 3.74. The van der Waals surface area contributed by atoms with Crippen molar-refractivity contribution in [2.24, 2.45) is 0 Å². The van der Waals surface area contributed by atoms with E-state index in [4.69, 9.17) is 32.7 Å². The molecule has 1 amide bonds. The summed E-state index contributed by atoms with van der Waals surface area (Å²) in [6.45, 7) is 1.37. The maximum absolute atomic E-state index is 13.4. The number of hydrogen-bond acceptors (Lipinski definition) is 5. The van der Waals surface area contributed by atoms with E-state index >= 15 is 0 Å². The number of nitrogens with zero attached hydrogens (tertiary/aromatic N) is 1. The third-order valence-corrected chi connectivity index (χ3v) is 7.60. The van der Waals surface area contributed by atoms with Crippen molar-refractivity contribution < 1.29 is 22.7 Å². The maximum Gasteiger partial charge on any atom is 0.243 e. The van der Waals surface area contributed by atoms with Gasteiger partial charge in [0.05, 0.1) is 31.7 Å². The monoisotopic (exact) mass is 536 g/mol. The minimum Gasteiger partial charge on any atom is -0.493 e. The van der Waals surface area contributed by atoms with E-state index in [0.717, 1.165) is 9.87 Å². The van der Waals surface area contributed by atoms with Crippen molar-refractivity contribution in [1.29, 1.82) is 0 Å². The van der Waals surface area contributed by atoms with E-state index in [1.165, 1.54) is 31.4 Å². The van der Waals surface area contributed by atoms with Crippen LogP contribution in [0, 0.1) is 0 Å². The number of sulfonamides is 1. The van der Waals surface area contributed by atoms with E-state index in [1.54, 1.807) is 56.5 Å². The number of methoxy groups -OCH3 is 2. The van der Waals surface area contributed by atoms with Crippen molar-refractivity contribution in [3.05, 3.63) is 87.9 Å². The molecule has 10 heteroatoms. The van der Waals surface area contributed by atoms with Gasteiger partial charge in [0, 0.05) is 16.6 Å². The zero-order valence-corrected chi connectivity index (χ0v) is 21.8. The number of nitrogens with one attached hydrogen (secondary N) is 1. The predicted octanol–water partition coefficient (Wildman–Crippen LogP) is 5.08. The van der Waals surface area contributed by atoms with Gasteiger partial charge < -0.3 is 14.8 Å². The molecule has 0 aliphatic carbocycles. The molecular formula is C25H26Cl2N2O5S. The number of rotatable bonds is 10. The topological polar surface area (TPSA) is 84.9 Å². The van der Waals surface area contributed by atoms with E-state index in [2.05, 4.69) is 5.32 Å². The number of ether oxygens (including phenoxy) is 2. The van der Waals surface area contributed by atoms with E-state index < -0.39 is 28.5 Å². The third kappa shape index (κ3) is 6.89. The van der Waals surface area contributed by atoms with Crippen LogP contribution in [0.2, 0.25) is 10.0 Å². The number of amides is 1. The Hall–Kier alpha value is -2.78. The first-order valence-electron chi connectivity index (χ1n) is 10.7. The number of carbonyl (C=O) groups excluding carboxylic acids is 1. The van der Waals surface area contributed by atoms with Gasteiger partial charge in [-0.3, -0.25) is 4.79 Å². The molecule has 1 atom stereocenters. The quantitative estimate of drug-likeness (QED) is 0.390. The fraction of sp³-hybridized carbons (Fsp3) is 0.240. The molecule has 3 aromatic rings. The van der Waals surface area contributed by atoms with Crippen molar-refractivity contribution in [3.63, 3.8) is 0 Å². The molecule has 7 nitrogen and oxygen atoms in total. The normalized spacial score (nSPS) is 12.3. The molecular weight excluding hydrogens is 511 g/mol. The molecule has 0 aromatic heterocycles. The van der Waals surface area contributed by atoms with Gasteiger partial charge in [0.15, 0.2) is 11.5 Å².